The molecule has 0 aliphatic heterocycles. The lowest BCUT2D eigenvalue weighted by molar-refractivity contribution is -0.129. The molecule has 2 aromatic carbocycles. The first kappa shape index (κ1) is 16.1. The summed E-state index contributed by atoms with van der Waals surface area (Å²) in [7, 11) is 0. The second-order valence-corrected chi connectivity index (χ2v) is 6.88. The monoisotopic (exact) mass is 320 g/mol. The molecule has 3 heteroatoms. The highest BCUT2D eigenvalue weighted by atomic mass is 16.4. The fourth-order valence-corrected chi connectivity index (χ4v) is 2.70. The zero-order valence-electron chi connectivity index (χ0n) is 14.0. The van der Waals surface area contributed by atoms with Gasteiger partial charge in [0, 0.05) is 10.8 Å². The summed E-state index contributed by atoms with van der Waals surface area (Å²) in [5.74, 6) is -1.02. The fourth-order valence-electron chi connectivity index (χ4n) is 2.70. The van der Waals surface area contributed by atoms with Gasteiger partial charge in [-0.15, -0.1) is 0 Å². The third kappa shape index (κ3) is 3.25. The summed E-state index contributed by atoms with van der Waals surface area (Å²) in [4.78, 5) is 11.0. The van der Waals surface area contributed by atoms with E-state index in [-0.39, 0.29) is 5.41 Å². The van der Waals surface area contributed by atoms with Crippen molar-refractivity contribution in [1.82, 2.24) is 0 Å². The zero-order chi connectivity index (χ0) is 17.3. The van der Waals surface area contributed by atoms with Gasteiger partial charge in [-0.2, -0.15) is 0 Å². The Hall–Kier alpha value is -2.81. The minimum Gasteiger partial charge on any atom is -0.478 e. The van der Waals surface area contributed by atoms with Gasteiger partial charge >= 0.3 is 5.97 Å². The average Bonchev–Trinajstić information content (AvgIpc) is 2.84. The molecule has 0 atom stereocenters. The van der Waals surface area contributed by atoms with E-state index in [9.17, 15) is 4.79 Å². The van der Waals surface area contributed by atoms with Crippen molar-refractivity contribution in [1.29, 1.82) is 0 Å². The first-order valence-corrected chi connectivity index (χ1v) is 7.89. The van der Waals surface area contributed by atoms with Crippen LogP contribution < -0.4 is 10.8 Å². The normalized spacial score (nSPS) is 13.6. The molecule has 0 saturated carbocycles. The minimum atomic E-state index is -1.02. The first-order valence-electron chi connectivity index (χ1n) is 7.89. The number of hydrogen-bond acceptors (Lipinski definition) is 2. The third-order valence-electron chi connectivity index (χ3n) is 4.01. The lowest BCUT2D eigenvalue weighted by Gasteiger charge is -2.18. The van der Waals surface area contributed by atoms with E-state index in [1.54, 1.807) is 0 Å². The Morgan fingerprint density at radius 2 is 1.54 bits per heavy atom. The van der Waals surface area contributed by atoms with Crippen molar-refractivity contribution >= 4 is 28.9 Å². The SMILES string of the molecule is CC(C)(C)c1ccc(/C=c2\o/c(=C\C(=O)O)c3ccccc23)cc1. The van der Waals surface area contributed by atoms with Crippen molar-refractivity contribution in [3.8, 4) is 0 Å². The minimum absolute atomic E-state index is 0.111. The summed E-state index contributed by atoms with van der Waals surface area (Å²) in [6.07, 6.45) is 3.04. The molecule has 122 valence electrons. The molecule has 0 unspecified atom stereocenters. The van der Waals surface area contributed by atoms with Gasteiger partial charge < -0.3 is 9.52 Å². The Kier molecular flexibility index (Phi) is 4.02. The lowest BCUT2D eigenvalue weighted by Crippen LogP contribution is -2.10. The van der Waals surface area contributed by atoms with Crippen LogP contribution in [0.5, 0.6) is 0 Å². The number of benzene rings is 2. The summed E-state index contributed by atoms with van der Waals surface area (Å²) in [5, 5.41) is 10.7. The quantitative estimate of drug-likeness (QED) is 0.787. The molecular weight excluding hydrogens is 300 g/mol. The van der Waals surface area contributed by atoms with Crippen LogP contribution in [-0.2, 0) is 10.2 Å². The molecule has 0 spiro atoms. The number of carbonyl (C=O) groups is 1. The molecule has 0 bridgehead atoms. The molecular formula is C21H20O3. The maximum absolute atomic E-state index is 11.0. The molecule has 3 rings (SSSR count). The van der Waals surface area contributed by atoms with Crippen LogP contribution in [0.4, 0.5) is 0 Å². The van der Waals surface area contributed by atoms with Gasteiger partial charge in [0.2, 0.25) is 0 Å². The number of furan rings is 1. The third-order valence-corrected chi connectivity index (χ3v) is 4.01. The van der Waals surface area contributed by atoms with Crippen molar-refractivity contribution in [3.63, 3.8) is 0 Å². The molecule has 3 nitrogen and oxygen atoms in total. The van der Waals surface area contributed by atoms with E-state index in [1.807, 2.05) is 30.3 Å². The summed E-state index contributed by atoms with van der Waals surface area (Å²) in [6.45, 7) is 6.54. The maximum atomic E-state index is 11.0. The van der Waals surface area contributed by atoms with Crippen LogP contribution in [0.15, 0.2) is 52.9 Å². The number of hydrogen-bond donors (Lipinski definition) is 1. The number of fused-ring (bicyclic) bond motifs is 1. The highest BCUT2D eigenvalue weighted by Crippen LogP contribution is 2.22. The maximum Gasteiger partial charge on any atom is 0.332 e. The van der Waals surface area contributed by atoms with Crippen LogP contribution in [0.2, 0.25) is 0 Å². The van der Waals surface area contributed by atoms with Gasteiger partial charge in [-0.05, 0) is 22.6 Å². The topological polar surface area (TPSA) is 50.4 Å². The standard InChI is InChI=1S/C21H20O3/c1-21(2,3)15-10-8-14(9-11-15)12-18-16-6-4-5-7-17(16)19(24-18)13-20(22)23/h4-13H,1-3H3,(H,22,23)/b18-12-,19-13-. The Morgan fingerprint density at radius 1 is 0.958 bits per heavy atom. The van der Waals surface area contributed by atoms with E-state index in [0.717, 1.165) is 22.4 Å². The molecule has 1 N–H and O–H groups in total. The van der Waals surface area contributed by atoms with E-state index < -0.39 is 5.97 Å². The molecule has 0 saturated heterocycles. The van der Waals surface area contributed by atoms with Crippen molar-refractivity contribution in [3.05, 3.63) is 70.5 Å². The Bertz CT molecular complexity index is 1000. The van der Waals surface area contributed by atoms with Gasteiger partial charge in [-0.25, -0.2) is 4.79 Å². The summed E-state index contributed by atoms with van der Waals surface area (Å²) in [6, 6.07) is 15.9. The molecule has 0 amide bonds. The number of rotatable bonds is 2. The number of aliphatic carboxylic acids is 1. The van der Waals surface area contributed by atoms with Gasteiger partial charge in [0.1, 0.15) is 10.8 Å². The van der Waals surface area contributed by atoms with Gasteiger partial charge in [-0.3, -0.25) is 0 Å². The van der Waals surface area contributed by atoms with E-state index in [2.05, 4.69) is 45.0 Å². The van der Waals surface area contributed by atoms with Crippen LogP contribution in [0.3, 0.4) is 0 Å². The van der Waals surface area contributed by atoms with Gasteiger partial charge in [0.05, 0.1) is 6.08 Å². The number of carboxylic acids is 1. The van der Waals surface area contributed by atoms with Gasteiger partial charge in [0.15, 0.2) is 0 Å². The average molecular weight is 320 g/mol. The second-order valence-electron chi connectivity index (χ2n) is 6.88. The van der Waals surface area contributed by atoms with Crippen LogP contribution >= 0.6 is 0 Å². The molecule has 0 radical (unpaired) electrons. The van der Waals surface area contributed by atoms with Crippen molar-refractivity contribution in [2.45, 2.75) is 26.2 Å². The Morgan fingerprint density at radius 3 is 2.08 bits per heavy atom. The highest BCUT2D eigenvalue weighted by molar-refractivity contribution is 6.00. The highest BCUT2D eigenvalue weighted by Gasteiger charge is 2.12. The van der Waals surface area contributed by atoms with Crippen LogP contribution in [0, 0.1) is 0 Å². The van der Waals surface area contributed by atoms with Crippen LogP contribution in [0.1, 0.15) is 31.9 Å². The second kappa shape index (κ2) is 6.00. The van der Waals surface area contributed by atoms with Crippen molar-refractivity contribution < 1.29 is 14.3 Å². The fraction of sp³-hybridized carbons (Fsp3) is 0.190. The molecule has 0 fully saturated rings. The summed E-state index contributed by atoms with van der Waals surface area (Å²) < 4.78 is 5.79. The lowest BCUT2D eigenvalue weighted by atomic mass is 9.87. The van der Waals surface area contributed by atoms with Crippen molar-refractivity contribution in [2.75, 3.05) is 0 Å². The van der Waals surface area contributed by atoms with E-state index >= 15 is 0 Å². The molecule has 3 aromatic rings. The molecule has 1 heterocycles. The predicted molar refractivity (Wildman–Crippen MR) is 96.3 cm³/mol. The zero-order valence-corrected chi connectivity index (χ0v) is 14.0. The van der Waals surface area contributed by atoms with Crippen LogP contribution in [-0.4, -0.2) is 11.1 Å². The smallest absolute Gasteiger partial charge is 0.332 e. The Labute approximate surface area is 140 Å². The number of carboxylic acid groups (broad SMARTS) is 1. The van der Waals surface area contributed by atoms with Gasteiger partial charge in [0.25, 0.3) is 0 Å². The van der Waals surface area contributed by atoms with E-state index in [1.165, 1.54) is 5.56 Å². The Balaban J connectivity index is 2.16. The summed E-state index contributed by atoms with van der Waals surface area (Å²) in [5.41, 5.74) is 3.44. The molecule has 24 heavy (non-hydrogen) atoms. The molecule has 0 aliphatic rings. The van der Waals surface area contributed by atoms with Crippen molar-refractivity contribution in [2.24, 2.45) is 0 Å². The molecule has 0 aliphatic carbocycles. The summed E-state index contributed by atoms with van der Waals surface area (Å²) >= 11 is 0. The van der Waals surface area contributed by atoms with Gasteiger partial charge in [-0.1, -0.05) is 69.3 Å². The largest absolute Gasteiger partial charge is 0.478 e. The van der Waals surface area contributed by atoms with Crippen LogP contribution in [0.25, 0.3) is 22.9 Å². The van der Waals surface area contributed by atoms with E-state index in [4.69, 9.17) is 9.52 Å². The predicted octanol–water partition coefficient (Wildman–Crippen LogP) is 3.42. The molecule has 1 aromatic heterocycles. The van der Waals surface area contributed by atoms with E-state index in [0.29, 0.717) is 10.8 Å². The first-order chi connectivity index (χ1) is 11.3.